The average molecular weight is 273 g/mol. The summed E-state index contributed by atoms with van der Waals surface area (Å²) in [7, 11) is 1.82. The Morgan fingerprint density at radius 3 is 2.40 bits per heavy atom. The van der Waals surface area contributed by atoms with E-state index < -0.39 is 0 Å². The van der Waals surface area contributed by atoms with Crippen molar-refractivity contribution in [3.8, 4) is 11.4 Å². The molecular weight excluding hydrogens is 253 g/mol. The van der Waals surface area contributed by atoms with E-state index in [1.165, 1.54) is 12.1 Å². The van der Waals surface area contributed by atoms with Crippen LogP contribution in [-0.2, 0) is 5.41 Å². The molecule has 1 aromatic heterocycles. The molecule has 2 aromatic rings. The number of aromatic nitrogens is 2. The topological polar surface area (TPSA) is 37.8 Å². The third kappa shape index (κ3) is 2.95. The fraction of sp³-hybridized carbons (Fsp3) is 0.375. The lowest BCUT2D eigenvalue weighted by atomic mass is 9.91. The van der Waals surface area contributed by atoms with Crippen LogP contribution < -0.4 is 5.32 Å². The molecular formula is C16H20FN3. The molecule has 0 aliphatic heterocycles. The maximum Gasteiger partial charge on any atom is 0.162 e. The Morgan fingerprint density at radius 1 is 1.10 bits per heavy atom. The van der Waals surface area contributed by atoms with Gasteiger partial charge in [0, 0.05) is 24.1 Å². The summed E-state index contributed by atoms with van der Waals surface area (Å²) in [6.07, 6.45) is 0. The van der Waals surface area contributed by atoms with E-state index in [2.05, 4.69) is 36.1 Å². The van der Waals surface area contributed by atoms with Crippen molar-refractivity contribution in [2.75, 3.05) is 12.4 Å². The summed E-state index contributed by atoms with van der Waals surface area (Å²) in [5.41, 5.74) is 2.52. The second-order valence-electron chi connectivity index (χ2n) is 5.92. The second-order valence-corrected chi connectivity index (χ2v) is 5.92. The molecule has 0 fully saturated rings. The number of halogens is 1. The third-order valence-corrected chi connectivity index (χ3v) is 3.19. The van der Waals surface area contributed by atoms with Gasteiger partial charge in [-0.15, -0.1) is 0 Å². The maximum absolute atomic E-state index is 13.5. The van der Waals surface area contributed by atoms with E-state index in [-0.39, 0.29) is 11.2 Å². The Hall–Kier alpha value is -1.97. The van der Waals surface area contributed by atoms with Crippen LogP contribution in [0.4, 0.5) is 10.2 Å². The van der Waals surface area contributed by atoms with E-state index in [1.54, 1.807) is 6.07 Å². The van der Waals surface area contributed by atoms with Gasteiger partial charge in [0.15, 0.2) is 5.82 Å². The minimum absolute atomic E-state index is 0.0927. The predicted molar refractivity (Wildman–Crippen MR) is 80.4 cm³/mol. The lowest BCUT2D eigenvalue weighted by Gasteiger charge is -2.19. The molecule has 20 heavy (non-hydrogen) atoms. The highest BCUT2D eigenvalue weighted by atomic mass is 19.1. The second kappa shape index (κ2) is 5.19. The highest BCUT2D eigenvalue weighted by Gasteiger charge is 2.19. The summed E-state index contributed by atoms with van der Waals surface area (Å²) >= 11 is 0. The first-order chi connectivity index (χ1) is 9.31. The van der Waals surface area contributed by atoms with Gasteiger partial charge >= 0.3 is 0 Å². The van der Waals surface area contributed by atoms with Crippen molar-refractivity contribution in [3.05, 3.63) is 41.3 Å². The molecule has 0 spiro atoms. The van der Waals surface area contributed by atoms with Crippen molar-refractivity contribution in [1.29, 1.82) is 0 Å². The number of anilines is 1. The number of nitrogens with one attached hydrogen (secondary N) is 1. The van der Waals surface area contributed by atoms with Gasteiger partial charge < -0.3 is 5.32 Å². The van der Waals surface area contributed by atoms with Crippen LogP contribution in [0.15, 0.2) is 24.3 Å². The Balaban J connectivity index is 2.64. The molecule has 1 heterocycles. The van der Waals surface area contributed by atoms with Crippen molar-refractivity contribution in [3.63, 3.8) is 0 Å². The Kier molecular flexibility index (Phi) is 3.75. The maximum atomic E-state index is 13.5. The van der Waals surface area contributed by atoms with Crippen LogP contribution in [-0.4, -0.2) is 17.0 Å². The first-order valence-electron chi connectivity index (χ1n) is 6.65. The first kappa shape index (κ1) is 14.4. The number of hydrogen-bond donors (Lipinski definition) is 1. The number of hydrogen-bond acceptors (Lipinski definition) is 3. The first-order valence-corrected chi connectivity index (χ1v) is 6.65. The van der Waals surface area contributed by atoms with Crippen LogP contribution in [0.25, 0.3) is 11.4 Å². The summed E-state index contributed by atoms with van der Waals surface area (Å²) in [5.74, 6) is 1.02. The molecule has 0 aliphatic carbocycles. The quantitative estimate of drug-likeness (QED) is 0.901. The van der Waals surface area contributed by atoms with Gasteiger partial charge in [-0.1, -0.05) is 26.8 Å². The highest BCUT2D eigenvalue weighted by Crippen LogP contribution is 2.27. The molecule has 3 nitrogen and oxygen atoms in total. The van der Waals surface area contributed by atoms with Crippen LogP contribution in [0.3, 0.4) is 0 Å². The molecule has 106 valence electrons. The minimum atomic E-state index is -0.277. The van der Waals surface area contributed by atoms with Gasteiger partial charge in [-0.2, -0.15) is 0 Å². The van der Waals surface area contributed by atoms with Gasteiger partial charge in [0.2, 0.25) is 0 Å². The number of aryl methyl sites for hydroxylation is 1. The highest BCUT2D eigenvalue weighted by molar-refractivity contribution is 5.62. The van der Waals surface area contributed by atoms with Gasteiger partial charge in [-0.05, 0) is 24.6 Å². The van der Waals surface area contributed by atoms with Crippen molar-refractivity contribution in [2.45, 2.75) is 33.1 Å². The molecule has 0 saturated carbocycles. The summed E-state index contributed by atoms with van der Waals surface area (Å²) in [6.45, 7) is 8.21. The van der Waals surface area contributed by atoms with E-state index in [4.69, 9.17) is 0 Å². The van der Waals surface area contributed by atoms with Gasteiger partial charge in [0.1, 0.15) is 11.6 Å². The number of rotatable bonds is 2. The Labute approximate surface area is 119 Å². The lowest BCUT2D eigenvalue weighted by Crippen LogP contribution is -2.15. The molecule has 0 radical (unpaired) electrons. The standard InChI is InChI=1S/C16H20FN3/c1-10-6-7-11(17)8-12(10)15-19-13(16(2,3)4)9-14(18-5)20-15/h6-9H,1-5H3,(H,18,19,20). The van der Waals surface area contributed by atoms with Crippen molar-refractivity contribution >= 4 is 5.82 Å². The van der Waals surface area contributed by atoms with Crippen LogP contribution >= 0.6 is 0 Å². The molecule has 1 N–H and O–H groups in total. The van der Waals surface area contributed by atoms with Crippen molar-refractivity contribution < 1.29 is 4.39 Å². The van der Waals surface area contributed by atoms with Gasteiger partial charge in [0.05, 0.1) is 5.69 Å². The summed E-state index contributed by atoms with van der Waals surface area (Å²) in [5, 5.41) is 3.04. The van der Waals surface area contributed by atoms with E-state index >= 15 is 0 Å². The van der Waals surface area contributed by atoms with Gasteiger partial charge in [-0.3, -0.25) is 0 Å². The van der Waals surface area contributed by atoms with Crippen LogP contribution in [0.5, 0.6) is 0 Å². The molecule has 0 aliphatic rings. The average Bonchev–Trinajstić information content (AvgIpc) is 2.40. The van der Waals surface area contributed by atoms with Crippen molar-refractivity contribution in [1.82, 2.24) is 9.97 Å². The number of nitrogens with zero attached hydrogens (tertiary/aromatic N) is 2. The zero-order valence-corrected chi connectivity index (χ0v) is 12.6. The summed E-state index contributed by atoms with van der Waals surface area (Å²) in [4.78, 5) is 9.06. The van der Waals surface area contributed by atoms with E-state index in [0.717, 1.165) is 22.6 Å². The summed E-state index contributed by atoms with van der Waals surface area (Å²) < 4.78 is 13.5. The predicted octanol–water partition coefficient (Wildman–Crippen LogP) is 3.93. The van der Waals surface area contributed by atoms with Gasteiger partial charge in [0.25, 0.3) is 0 Å². The van der Waals surface area contributed by atoms with E-state index in [9.17, 15) is 4.39 Å². The fourth-order valence-electron chi connectivity index (χ4n) is 1.92. The smallest absolute Gasteiger partial charge is 0.162 e. The molecule has 0 atom stereocenters. The van der Waals surface area contributed by atoms with Crippen molar-refractivity contribution in [2.24, 2.45) is 0 Å². The van der Waals surface area contributed by atoms with E-state index in [0.29, 0.717) is 5.82 Å². The monoisotopic (exact) mass is 273 g/mol. The SMILES string of the molecule is CNc1cc(C(C)(C)C)nc(-c2cc(F)ccc2C)n1. The molecule has 0 amide bonds. The lowest BCUT2D eigenvalue weighted by molar-refractivity contribution is 0.568. The Bertz CT molecular complexity index is 630. The number of benzene rings is 1. The van der Waals surface area contributed by atoms with Gasteiger partial charge in [-0.25, -0.2) is 14.4 Å². The molecule has 1 aromatic carbocycles. The normalized spacial score (nSPS) is 11.5. The summed E-state index contributed by atoms with van der Waals surface area (Å²) in [6, 6.07) is 6.61. The third-order valence-electron chi connectivity index (χ3n) is 3.19. The molecule has 2 rings (SSSR count). The largest absolute Gasteiger partial charge is 0.373 e. The van der Waals surface area contributed by atoms with E-state index in [1.807, 2.05) is 20.0 Å². The van der Waals surface area contributed by atoms with Crippen LogP contribution in [0, 0.1) is 12.7 Å². The molecule has 0 saturated heterocycles. The Morgan fingerprint density at radius 2 is 1.80 bits per heavy atom. The molecule has 0 bridgehead atoms. The zero-order chi connectivity index (χ0) is 14.9. The minimum Gasteiger partial charge on any atom is -0.373 e. The fourth-order valence-corrected chi connectivity index (χ4v) is 1.92. The zero-order valence-electron chi connectivity index (χ0n) is 12.6. The molecule has 4 heteroatoms. The van der Waals surface area contributed by atoms with Crippen LogP contribution in [0.2, 0.25) is 0 Å². The van der Waals surface area contributed by atoms with Crippen LogP contribution in [0.1, 0.15) is 32.0 Å². The molecule has 0 unspecified atom stereocenters.